The Hall–Kier alpha value is -1.27. The summed E-state index contributed by atoms with van der Waals surface area (Å²) in [6.07, 6.45) is 8.27. The number of nitrogens with zero attached hydrogens (tertiary/aromatic N) is 1. The summed E-state index contributed by atoms with van der Waals surface area (Å²) in [5.74, 6) is 1.93. The molecule has 0 heterocycles. The van der Waals surface area contributed by atoms with Gasteiger partial charge in [0, 0.05) is 5.41 Å². The van der Waals surface area contributed by atoms with Crippen molar-refractivity contribution in [2.24, 2.45) is 34.0 Å². The smallest absolute Gasteiger partial charge is 0.116 e. The highest BCUT2D eigenvalue weighted by molar-refractivity contribution is 5.45. The maximum Gasteiger partial charge on any atom is 0.116 e. The van der Waals surface area contributed by atoms with Crippen molar-refractivity contribution in [3.63, 3.8) is 0 Å². The van der Waals surface area contributed by atoms with Crippen LogP contribution in [0.3, 0.4) is 0 Å². The average Bonchev–Trinajstić information content (AvgIpc) is 2.81. The second-order valence-electron chi connectivity index (χ2n) is 10.7. The number of allylic oxidation sites excluding steroid dienone is 3. The zero-order valence-electron chi connectivity index (χ0n) is 16.9. The van der Waals surface area contributed by atoms with Crippen LogP contribution in [0.15, 0.2) is 23.0 Å². The number of fused-ring (bicyclic) bond motifs is 5. The molecule has 142 valence electrons. The van der Waals surface area contributed by atoms with Crippen molar-refractivity contribution < 1.29 is 10.2 Å². The molecule has 4 aliphatic rings. The van der Waals surface area contributed by atoms with Gasteiger partial charge in [-0.15, -0.1) is 0 Å². The first-order chi connectivity index (χ1) is 12.0. The molecule has 0 aromatic rings. The van der Waals surface area contributed by atoms with Gasteiger partial charge in [-0.1, -0.05) is 25.5 Å². The Kier molecular flexibility index (Phi) is 3.60. The number of rotatable bonds is 0. The summed E-state index contributed by atoms with van der Waals surface area (Å²) >= 11 is 0. The Morgan fingerprint density at radius 3 is 2.38 bits per heavy atom. The third kappa shape index (κ3) is 1.97. The summed E-state index contributed by atoms with van der Waals surface area (Å²) < 4.78 is 0. The molecule has 3 nitrogen and oxygen atoms in total. The third-order valence-electron chi connectivity index (χ3n) is 9.26. The number of aliphatic hydroxyl groups excluding tert-OH is 1. The lowest BCUT2D eigenvalue weighted by molar-refractivity contribution is -0.113. The molecule has 0 radical (unpaired) electrons. The molecule has 0 aromatic heterocycles. The van der Waals surface area contributed by atoms with E-state index in [2.05, 4.69) is 39.8 Å². The van der Waals surface area contributed by atoms with Crippen molar-refractivity contribution in [2.75, 3.05) is 0 Å². The average molecular weight is 356 g/mol. The number of hydrogen-bond acceptors (Lipinski definition) is 3. The zero-order chi connectivity index (χ0) is 19.1. The number of aliphatic hydroxyl groups is 2. The Labute approximate surface area is 157 Å². The van der Waals surface area contributed by atoms with Gasteiger partial charge < -0.3 is 10.2 Å². The fraction of sp³-hybridized carbons (Fsp3) is 0.783. The Morgan fingerprint density at radius 1 is 1.08 bits per heavy atom. The van der Waals surface area contributed by atoms with E-state index in [0.717, 1.165) is 32.1 Å². The molecule has 4 rings (SSSR count). The normalized spacial score (nSPS) is 49.6. The molecule has 2 saturated carbocycles. The minimum atomic E-state index is -0.560. The lowest BCUT2D eigenvalue weighted by atomic mass is 9.44. The van der Waals surface area contributed by atoms with E-state index in [1.807, 2.05) is 6.92 Å². The molecule has 2 N–H and O–H groups in total. The van der Waals surface area contributed by atoms with Gasteiger partial charge in [0.15, 0.2) is 0 Å². The predicted molar refractivity (Wildman–Crippen MR) is 102 cm³/mol. The number of hydrogen-bond donors (Lipinski definition) is 2. The zero-order valence-corrected chi connectivity index (χ0v) is 16.9. The van der Waals surface area contributed by atoms with Crippen LogP contribution in [0.5, 0.6) is 0 Å². The fourth-order valence-electron chi connectivity index (χ4n) is 7.58. The summed E-state index contributed by atoms with van der Waals surface area (Å²) in [5, 5.41) is 31.4. The largest absolute Gasteiger partial charge is 0.510 e. The second-order valence-corrected chi connectivity index (χ2v) is 10.7. The van der Waals surface area contributed by atoms with Crippen LogP contribution in [0.25, 0.3) is 0 Å². The van der Waals surface area contributed by atoms with Crippen molar-refractivity contribution in [1.29, 1.82) is 5.26 Å². The van der Waals surface area contributed by atoms with Gasteiger partial charge in [-0.2, -0.15) is 5.26 Å². The molecule has 0 spiro atoms. The summed E-state index contributed by atoms with van der Waals surface area (Å²) in [4.78, 5) is 0. The second kappa shape index (κ2) is 5.16. The molecular formula is C23H33NO2. The number of nitriles is 1. The van der Waals surface area contributed by atoms with Crippen molar-refractivity contribution in [1.82, 2.24) is 0 Å². The van der Waals surface area contributed by atoms with Crippen LogP contribution in [-0.2, 0) is 0 Å². The van der Waals surface area contributed by atoms with E-state index < -0.39 is 11.0 Å². The molecule has 0 amide bonds. The topological polar surface area (TPSA) is 64.2 Å². The monoisotopic (exact) mass is 355 g/mol. The van der Waals surface area contributed by atoms with Gasteiger partial charge in [-0.3, -0.25) is 0 Å². The van der Waals surface area contributed by atoms with Crippen molar-refractivity contribution >= 4 is 0 Å². The molecule has 2 fully saturated rings. The molecule has 4 aliphatic carbocycles. The maximum absolute atomic E-state index is 11.0. The van der Waals surface area contributed by atoms with Crippen LogP contribution in [0.2, 0.25) is 0 Å². The fourth-order valence-corrected chi connectivity index (χ4v) is 7.58. The Bertz CT molecular complexity index is 753. The van der Waals surface area contributed by atoms with Crippen LogP contribution >= 0.6 is 0 Å². The van der Waals surface area contributed by atoms with Gasteiger partial charge >= 0.3 is 0 Å². The minimum Gasteiger partial charge on any atom is -0.510 e. The van der Waals surface area contributed by atoms with E-state index in [9.17, 15) is 15.5 Å². The summed E-state index contributed by atoms with van der Waals surface area (Å²) in [7, 11) is 0. The summed E-state index contributed by atoms with van der Waals surface area (Å²) in [6, 6.07) is 2.29. The molecule has 0 unspecified atom stereocenters. The van der Waals surface area contributed by atoms with Gasteiger partial charge in [-0.05, 0) is 87.9 Å². The highest BCUT2D eigenvalue weighted by Gasteiger charge is 2.63. The summed E-state index contributed by atoms with van der Waals surface area (Å²) in [6.45, 7) is 10.8. The lowest BCUT2D eigenvalue weighted by Crippen LogP contribution is -2.54. The minimum absolute atomic E-state index is 0.0100. The SMILES string of the molecule is CC1(C)C2=CC[C@@H]3[C@H](CC[C@@]4(C)[C@H]3CC[C@]4(C)O)[C@@]2(C)CC(C#N)=C1O. The van der Waals surface area contributed by atoms with Gasteiger partial charge in [-0.25, -0.2) is 0 Å². The molecule has 0 aliphatic heterocycles. The van der Waals surface area contributed by atoms with Crippen LogP contribution in [0.1, 0.15) is 73.1 Å². The quantitative estimate of drug-likeness (QED) is 0.581. The van der Waals surface area contributed by atoms with Crippen molar-refractivity contribution in [3.8, 4) is 6.07 Å². The van der Waals surface area contributed by atoms with E-state index >= 15 is 0 Å². The molecule has 0 aromatic carbocycles. The van der Waals surface area contributed by atoms with Gasteiger partial charge in [0.05, 0.1) is 17.2 Å². The lowest BCUT2D eigenvalue weighted by Gasteiger charge is -2.60. The van der Waals surface area contributed by atoms with E-state index in [1.165, 1.54) is 5.57 Å². The van der Waals surface area contributed by atoms with Gasteiger partial charge in [0.25, 0.3) is 0 Å². The highest BCUT2D eigenvalue weighted by atomic mass is 16.3. The molecule has 6 atom stereocenters. The molecule has 0 saturated heterocycles. The van der Waals surface area contributed by atoms with E-state index in [0.29, 0.717) is 29.7 Å². The first kappa shape index (κ1) is 18.1. The summed E-state index contributed by atoms with van der Waals surface area (Å²) in [5.41, 5.74) is 0.841. The van der Waals surface area contributed by atoms with E-state index in [-0.39, 0.29) is 16.6 Å². The van der Waals surface area contributed by atoms with Crippen LogP contribution in [0.4, 0.5) is 0 Å². The van der Waals surface area contributed by atoms with Crippen LogP contribution in [-0.4, -0.2) is 15.8 Å². The van der Waals surface area contributed by atoms with E-state index in [1.54, 1.807) is 0 Å². The van der Waals surface area contributed by atoms with Crippen molar-refractivity contribution in [3.05, 3.63) is 23.0 Å². The van der Waals surface area contributed by atoms with Gasteiger partial charge in [0.1, 0.15) is 5.76 Å². The predicted octanol–water partition coefficient (Wildman–Crippen LogP) is 5.28. The van der Waals surface area contributed by atoms with Crippen LogP contribution < -0.4 is 0 Å². The van der Waals surface area contributed by atoms with E-state index in [4.69, 9.17) is 0 Å². The van der Waals surface area contributed by atoms with Crippen LogP contribution in [0, 0.1) is 45.3 Å². The maximum atomic E-state index is 11.0. The van der Waals surface area contributed by atoms with Gasteiger partial charge in [0.2, 0.25) is 0 Å². The first-order valence-electron chi connectivity index (χ1n) is 10.3. The Morgan fingerprint density at radius 2 is 1.73 bits per heavy atom. The Balaban J connectivity index is 1.79. The third-order valence-corrected chi connectivity index (χ3v) is 9.26. The first-order valence-corrected chi connectivity index (χ1v) is 10.3. The molecule has 26 heavy (non-hydrogen) atoms. The molecular weight excluding hydrogens is 322 g/mol. The molecule has 0 bridgehead atoms. The highest BCUT2D eigenvalue weighted by Crippen LogP contribution is 2.69. The molecule has 3 heteroatoms. The standard InChI is InChI=1S/C23H33NO2/c1-20(2)18-7-6-15-16(21(18,3)12-14(13-24)19(20)25)8-10-22(4)17(15)9-11-23(22,5)26/h7,15-17,25-26H,6,8-12H2,1-5H3/t15-,16+,17+,21-,22+,23+/m1/s1. The van der Waals surface area contributed by atoms with Crippen molar-refractivity contribution in [2.45, 2.75) is 78.7 Å².